The average molecular weight is 285 g/mol. The Balaban J connectivity index is 2.31. The highest BCUT2D eigenvalue weighted by Crippen LogP contribution is 2.19. The molecule has 0 fully saturated rings. The van der Waals surface area contributed by atoms with Crippen molar-refractivity contribution in [3.63, 3.8) is 0 Å². The number of hydrogen-bond acceptors (Lipinski definition) is 5. The normalized spacial score (nSPS) is 10.4. The van der Waals surface area contributed by atoms with Crippen LogP contribution in [0.2, 0.25) is 0 Å². The standard InChI is InChI=1S/C15H19N5O/c1-10-4-2-5-11(8-10)19-15-12(14(17)21)9-18-13(20-15)6-3-7-16/h2,4-5,8-9H,3,6-7,16H2,1H3,(H2,17,21)(H,18,19,20). The number of carbonyl (C=O) groups is 1. The topological polar surface area (TPSA) is 107 Å². The quantitative estimate of drug-likeness (QED) is 0.746. The van der Waals surface area contributed by atoms with Crippen LogP contribution in [0.5, 0.6) is 0 Å². The van der Waals surface area contributed by atoms with Crippen molar-refractivity contribution in [1.82, 2.24) is 9.97 Å². The highest BCUT2D eigenvalue weighted by atomic mass is 16.1. The summed E-state index contributed by atoms with van der Waals surface area (Å²) in [6.45, 7) is 2.56. The molecular formula is C15H19N5O. The van der Waals surface area contributed by atoms with Crippen molar-refractivity contribution in [3.8, 4) is 0 Å². The van der Waals surface area contributed by atoms with Gasteiger partial charge in [0.05, 0.1) is 0 Å². The van der Waals surface area contributed by atoms with Crippen LogP contribution < -0.4 is 16.8 Å². The molecule has 1 aromatic heterocycles. The first-order valence-electron chi connectivity index (χ1n) is 6.79. The molecule has 0 atom stereocenters. The predicted octanol–water partition coefficient (Wildman–Crippen LogP) is 1.52. The van der Waals surface area contributed by atoms with Crippen molar-refractivity contribution in [2.45, 2.75) is 19.8 Å². The van der Waals surface area contributed by atoms with Crippen LogP contribution in [0.1, 0.15) is 28.2 Å². The molecule has 0 saturated carbocycles. The molecule has 1 aromatic carbocycles. The molecule has 2 rings (SSSR count). The van der Waals surface area contributed by atoms with Crippen molar-refractivity contribution in [2.75, 3.05) is 11.9 Å². The molecule has 6 nitrogen and oxygen atoms in total. The lowest BCUT2D eigenvalue weighted by Gasteiger charge is -2.11. The first kappa shape index (κ1) is 14.9. The summed E-state index contributed by atoms with van der Waals surface area (Å²) in [5, 5.41) is 3.13. The van der Waals surface area contributed by atoms with Crippen LogP contribution in [0.15, 0.2) is 30.5 Å². The van der Waals surface area contributed by atoms with Crippen LogP contribution >= 0.6 is 0 Å². The second-order valence-electron chi connectivity index (χ2n) is 4.80. The highest BCUT2D eigenvalue weighted by molar-refractivity contribution is 5.97. The zero-order chi connectivity index (χ0) is 15.2. The molecule has 0 bridgehead atoms. The van der Waals surface area contributed by atoms with Gasteiger partial charge >= 0.3 is 0 Å². The molecule has 0 unspecified atom stereocenters. The van der Waals surface area contributed by atoms with E-state index in [-0.39, 0.29) is 5.56 Å². The van der Waals surface area contributed by atoms with Gasteiger partial charge in [0.1, 0.15) is 17.2 Å². The Bertz CT molecular complexity index is 642. The van der Waals surface area contributed by atoms with E-state index in [9.17, 15) is 4.79 Å². The van der Waals surface area contributed by atoms with Gasteiger partial charge in [-0.1, -0.05) is 12.1 Å². The molecule has 0 aliphatic rings. The maximum atomic E-state index is 11.5. The number of nitrogens with zero attached hydrogens (tertiary/aromatic N) is 2. The fourth-order valence-electron chi connectivity index (χ4n) is 1.93. The van der Waals surface area contributed by atoms with Gasteiger partial charge in [0.2, 0.25) is 0 Å². The van der Waals surface area contributed by atoms with E-state index in [1.807, 2.05) is 31.2 Å². The van der Waals surface area contributed by atoms with Crippen LogP contribution in [0.3, 0.4) is 0 Å². The Hall–Kier alpha value is -2.47. The molecule has 6 heteroatoms. The molecule has 0 aliphatic carbocycles. The predicted molar refractivity (Wildman–Crippen MR) is 82.4 cm³/mol. The SMILES string of the molecule is Cc1cccc(Nc2nc(CCCN)ncc2C(N)=O)c1. The van der Waals surface area contributed by atoms with E-state index in [2.05, 4.69) is 15.3 Å². The van der Waals surface area contributed by atoms with Crippen LogP contribution in [-0.2, 0) is 6.42 Å². The second kappa shape index (κ2) is 6.81. The summed E-state index contributed by atoms with van der Waals surface area (Å²) in [5.74, 6) is 0.506. The van der Waals surface area contributed by atoms with Crippen LogP contribution in [0.4, 0.5) is 11.5 Å². The summed E-state index contributed by atoms with van der Waals surface area (Å²) >= 11 is 0. The summed E-state index contributed by atoms with van der Waals surface area (Å²) in [7, 11) is 0. The summed E-state index contributed by atoms with van der Waals surface area (Å²) < 4.78 is 0. The van der Waals surface area contributed by atoms with E-state index in [0.717, 1.165) is 17.7 Å². The molecule has 5 N–H and O–H groups in total. The molecule has 1 heterocycles. The van der Waals surface area contributed by atoms with Crippen LogP contribution in [0, 0.1) is 6.92 Å². The number of hydrogen-bond donors (Lipinski definition) is 3. The first-order valence-corrected chi connectivity index (χ1v) is 6.79. The molecular weight excluding hydrogens is 266 g/mol. The van der Waals surface area contributed by atoms with Gasteiger partial charge in [-0.05, 0) is 37.6 Å². The number of primary amides is 1. The molecule has 2 aromatic rings. The number of carbonyl (C=O) groups excluding carboxylic acids is 1. The summed E-state index contributed by atoms with van der Waals surface area (Å²) in [5.41, 5.74) is 13.1. The summed E-state index contributed by atoms with van der Waals surface area (Å²) in [6.07, 6.45) is 2.91. The lowest BCUT2D eigenvalue weighted by Crippen LogP contribution is -2.16. The zero-order valence-electron chi connectivity index (χ0n) is 12.0. The fourth-order valence-corrected chi connectivity index (χ4v) is 1.93. The van der Waals surface area contributed by atoms with Gasteiger partial charge in [0, 0.05) is 18.3 Å². The molecule has 1 amide bonds. The van der Waals surface area contributed by atoms with Gasteiger partial charge in [-0.2, -0.15) is 0 Å². The number of aromatic nitrogens is 2. The minimum Gasteiger partial charge on any atom is -0.365 e. The van der Waals surface area contributed by atoms with Gasteiger partial charge < -0.3 is 16.8 Å². The second-order valence-corrected chi connectivity index (χ2v) is 4.80. The van der Waals surface area contributed by atoms with Crippen molar-refractivity contribution in [1.29, 1.82) is 0 Å². The summed E-state index contributed by atoms with van der Waals surface area (Å²) in [4.78, 5) is 20.0. The Morgan fingerprint density at radius 3 is 2.86 bits per heavy atom. The molecule has 0 spiro atoms. The average Bonchev–Trinajstić information content (AvgIpc) is 2.45. The van der Waals surface area contributed by atoms with Crippen LogP contribution in [-0.4, -0.2) is 22.4 Å². The largest absolute Gasteiger partial charge is 0.365 e. The van der Waals surface area contributed by atoms with E-state index >= 15 is 0 Å². The first-order chi connectivity index (χ1) is 10.1. The molecule has 110 valence electrons. The third-order valence-electron chi connectivity index (χ3n) is 2.99. The number of nitrogens with two attached hydrogens (primary N) is 2. The van der Waals surface area contributed by atoms with Gasteiger partial charge in [0.15, 0.2) is 0 Å². The van der Waals surface area contributed by atoms with E-state index in [0.29, 0.717) is 24.6 Å². The number of anilines is 2. The third-order valence-corrected chi connectivity index (χ3v) is 2.99. The summed E-state index contributed by atoms with van der Waals surface area (Å²) in [6, 6.07) is 7.79. The molecule has 0 radical (unpaired) electrons. The molecule has 0 saturated heterocycles. The minimum absolute atomic E-state index is 0.271. The number of nitrogens with one attached hydrogen (secondary N) is 1. The Morgan fingerprint density at radius 2 is 2.19 bits per heavy atom. The van der Waals surface area contributed by atoms with E-state index in [1.54, 1.807) is 0 Å². The Morgan fingerprint density at radius 1 is 1.38 bits per heavy atom. The number of amides is 1. The number of rotatable bonds is 6. The zero-order valence-corrected chi connectivity index (χ0v) is 12.0. The Labute approximate surface area is 123 Å². The van der Waals surface area contributed by atoms with Crippen molar-refractivity contribution in [3.05, 3.63) is 47.4 Å². The van der Waals surface area contributed by atoms with E-state index in [4.69, 9.17) is 11.5 Å². The van der Waals surface area contributed by atoms with Gasteiger partial charge in [-0.15, -0.1) is 0 Å². The number of benzene rings is 1. The maximum Gasteiger partial charge on any atom is 0.254 e. The minimum atomic E-state index is -0.560. The fraction of sp³-hybridized carbons (Fsp3) is 0.267. The van der Waals surface area contributed by atoms with Crippen molar-refractivity contribution < 1.29 is 4.79 Å². The lowest BCUT2D eigenvalue weighted by atomic mass is 10.2. The van der Waals surface area contributed by atoms with E-state index in [1.165, 1.54) is 6.20 Å². The van der Waals surface area contributed by atoms with Crippen LogP contribution in [0.25, 0.3) is 0 Å². The number of aryl methyl sites for hydroxylation is 2. The molecule has 0 aliphatic heterocycles. The monoisotopic (exact) mass is 285 g/mol. The lowest BCUT2D eigenvalue weighted by molar-refractivity contribution is 0.100. The van der Waals surface area contributed by atoms with E-state index < -0.39 is 5.91 Å². The van der Waals surface area contributed by atoms with Gasteiger partial charge in [-0.3, -0.25) is 4.79 Å². The highest BCUT2D eigenvalue weighted by Gasteiger charge is 2.12. The van der Waals surface area contributed by atoms with Gasteiger partial charge in [0.25, 0.3) is 5.91 Å². The third kappa shape index (κ3) is 4.00. The Kier molecular flexibility index (Phi) is 4.84. The van der Waals surface area contributed by atoms with Crippen molar-refractivity contribution in [2.24, 2.45) is 11.5 Å². The maximum absolute atomic E-state index is 11.5. The van der Waals surface area contributed by atoms with Gasteiger partial charge in [-0.25, -0.2) is 9.97 Å². The molecule has 21 heavy (non-hydrogen) atoms. The smallest absolute Gasteiger partial charge is 0.254 e. The van der Waals surface area contributed by atoms with Crippen molar-refractivity contribution >= 4 is 17.4 Å².